The predicted octanol–water partition coefficient (Wildman–Crippen LogP) is -0.643. The number of carbonyl (C=O) groups excluding carboxylic acids is 1. The van der Waals surface area contributed by atoms with Crippen LogP contribution in [-0.4, -0.2) is 13.0 Å². The van der Waals surface area contributed by atoms with E-state index in [2.05, 4.69) is 13.2 Å². The van der Waals surface area contributed by atoms with Gasteiger partial charge in [0.25, 0.3) is 0 Å². The van der Waals surface area contributed by atoms with Crippen LogP contribution >= 0.6 is 0 Å². The Bertz CT molecular complexity index is 90.7. The Balaban J connectivity index is 3.50. The average Bonchev–Trinajstić information content (AvgIpc) is 1.83. The van der Waals surface area contributed by atoms with Crippen molar-refractivity contribution in [2.75, 3.05) is 6.54 Å². The van der Waals surface area contributed by atoms with Gasteiger partial charge in [-0.15, -0.1) is 0 Å². The van der Waals surface area contributed by atoms with Gasteiger partial charge < -0.3 is 0 Å². The Morgan fingerprint density at radius 3 is 2.25 bits per heavy atom. The monoisotopic (exact) mass is 112 g/mol. The smallest absolute Gasteiger partial charge is 0.246 e. The fourth-order valence-electron chi connectivity index (χ4n) is 0.346. The highest BCUT2D eigenvalue weighted by molar-refractivity contribution is 5.34. The van der Waals surface area contributed by atoms with E-state index in [1.165, 1.54) is 6.20 Å². The molecule has 0 heterocycles. The molecule has 0 aliphatic carbocycles. The first kappa shape index (κ1) is 7.11. The van der Waals surface area contributed by atoms with E-state index in [9.17, 15) is 4.79 Å². The first-order valence-corrected chi connectivity index (χ1v) is 2.39. The van der Waals surface area contributed by atoms with Crippen molar-refractivity contribution in [3.8, 4) is 0 Å². The molecule has 0 aromatic rings. The topological polar surface area (TPSA) is 21.5 Å². The molecule has 8 heavy (non-hydrogen) atoms. The van der Waals surface area contributed by atoms with Crippen LogP contribution in [0.15, 0.2) is 25.4 Å². The molecule has 0 spiro atoms. The highest BCUT2D eigenvalue weighted by Gasteiger charge is 1.93. The number of rotatable bonds is 4. The van der Waals surface area contributed by atoms with Crippen LogP contribution in [0, 0.1) is 0 Å². The van der Waals surface area contributed by atoms with Crippen LogP contribution < -0.4 is 4.90 Å². The van der Waals surface area contributed by atoms with Crippen LogP contribution in [0.1, 0.15) is 0 Å². The van der Waals surface area contributed by atoms with E-state index >= 15 is 0 Å². The van der Waals surface area contributed by atoms with E-state index < -0.39 is 0 Å². The van der Waals surface area contributed by atoms with E-state index in [1.54, 1.807) is 6.08 Å². The van der Waals surface area contributed by atoms with Gasteiger partial charge in [-0.1, -0.05) is 6.58 Å². The van der Waals surface area contributed by atoms with Crippen LogP contribution in [0.4, 0.5) is 0 Å². The van der Waals surface area contributed by atoms with Crippen molar-refractivity contribution in [2.24, 2.45) is 0 Å². The van der Waals surface area contributed by atoms with Gasteiger partial charge in [-0.2, -0.15) is 0 Å². The normalized spacial score (nSPS) is 12.0. The second kappa shape index (κ2) is 4.27. The molecule has 0 aliphatic heterocycles. The molecule has 2 nitrogen and oxygen atoms in total. The number of carbonyl (C=O) groups is 1. The lowest BCUT2D eigenvalue weighted by atomic mass is 10.6. The van der Waals surface area contributed by atoms with Crippen LogP contribution in [0.3, 0.4) is 0 Å². The SMILES string of the molecule is C=CC[NH+](C=C)C=O. The molecular weight excluding hydrogens is 102 g/mol. The lowest BCUT2D eigenvalue weighted by molar-refractivity contribution is -0.745. The van der Waals surface area contributed by atoms with Gasteiger partial charge in [0.1, 0.15) is 6.54 Å². The fourth-order valence-corrected chi connectivity index (χ4v) is 0.346. The van der Waals surface area contributed by atoms with Gasteiger partial charge >= 0.3 is 6.41 Å². The summed E-state index contributed by atoms with van der Waals surface area (Å²) >= 11 is 0. The van der Waals surface area contributed by atoms with Crippen molar-refractivity contribution in [1.82, 2.24) is 0 Å². The lowest BCUT2D eigenvalue weighted by Gasteiger charge is -1.97. The van der Waals surface area contributed by atoms with Crippen LogP contribution in [-0.2, 0) is 4.79 Å². The maximum atomic E-state index is 9.97. The molecule has 0 fully saturated rings. The molecule has 1 amide bonds. The molecule has 0 saturated carbocycles. The molecule has 0 aliphatic rings. The maximum Gasteiger partial charge on any atom is 0.304 e. The molecule has 2 heteroatoms. The molecular formula is C6H10NO+. The van der Waals surface area contributed by atoms with Gasteiger partial charge in [-0.3, -0.25) is 0 Å². The largest absolute Gasteiger partial charge is 0.304 e. The Hall–Kier alpha value is -0.890. The molecule has 1 atom stereocenters. The molecule has 0 aromatic heterocycles. The summed E-state index contributed by atoms with van der Waals surface area (Å²) in [7, 11) is 0. The highest BCUT2D eigenvalue weighted by atomic mass is 16.1. The number of nitrogens with one attached hydrogen (secondary N) is 1. The summed E-state index contributed by atoms with van der Waals surface area (Å²) < 4.78 is 0. The number of quaternary nitrogens is 1. The van der Waals surface area contributed by atoms with Crippen LogP contribution in [0.2, 0.25) is 0 Å². The molecule has 0 radical (unpaired) electrons. The van der Waals surface area contributed by atoms with E-state index in [4.69, 9.17) is 0 Å². The summed E-state index contributed by atoms with van der Waals surface area (Å²) in [5.74, 6) is 0. The Labute approximate surface area is 49.1 Å². The number of amides is 1. The second-order valence-corrected chi connectivity index (χ2v) is 1.39. The minimum absolute atomic E-state index is 0.618. The zero-order valence-electron chi connectivity index (χ0n) is 4.76. The molecule has 1 N–H and O–H groups in total. The average molecular weight is 112 g/mol. The van der Waals surface area contributed by atoms with Crippen LogP contribution in [0.5, 0.6) is 0 Å². The van der Waals surface area contributed by atoms with Gasteiger partial charge in [-0.05, 0) is 12.7 Å². The van der Waals surface area contributed by atoms with Gasteiger partial charge in [0.15, 0.2) is 0 Å². The highest BCUT2D eigenvalue weighted by Crippen LogP contribution is 1.47. The Morgan fingerprint density at radius 2 is 2.12 bits per heavy atom. The van der Waals surface area contributed by atoms with Gasteiger partial charge in [-0.25, -0.2) is 9.69 Å². The standard InChI is InChI=1S/C6H9NO/c1-3-5-7(4-2)6-8/h3-4,6H,1-2,5H2/p+1. The third-order valence-electron chi connectivity index (χ3n) is 0.794. The summed E-state index contributed by atoms with van der Waals surface area (Å²) in [6.07, 6.45) is 3.99. The maximum absolute atomic E-state index is 9.97. The van der Waals surface area contributed by atoms with Crippen molar-refractivity contribution < 1.29 is 9.69 Å². The quantitative estimate of drug-likeness (QED) is 0.379. The summed E-state index contributed by atoms with van der Waals surface area (Å²) in [4.78, 5) is 10.7. The van der Waals surface area contributed by atoms with E-state index in [-0.39, 0.29) is 0 Å². The third-order valence-corrected chi connectivity index (χ3v) is 0.794. The summed E-state index contributed by atoms with van der Waals surface area (Å²) in [5, 5.41) is 0. The van der Waals surface area contributed by atoms with Crippen molar-refractivity contribution in [2.45, 2.75) is 0 Å². The van der Waals surface area contributed by atoms with Gasteiger partial charge in [0.2, 0.25) is 0 Å². The lowest BCUT2D eigenvalue weighted by Crippen LogP contribution is -3.06. The zero-order chi connectivity index (χ0) is 6.41. The third kappa shape index (κ3) is 2.31. The van der Waals surface area contributed by atoms with Crippen LogP contribution in [0.25, 0.3) is 0 Å². The first-order valence-electron chi connectivity index (χ1n) is 2.39. The Morgan fingerprint density at radius 1 is 1.50 bits per heavy atom. The first-order chi connectivity index (χ1) is 3.85. The predicted molar refractivity (Wildman–Crippen MR) is 32.3 cm³/mol. The molecule has 0 bridgehead atoms. The van der Waals surface area contributed by atoms with E-state index in [0.29, 0.717) is 11.4 Å². The molecule has 0 rings (SSSR count). The number of hydrogen-bond donors (Lipinski definition) is 1. The molecule has 44 valence electrons. The number of hydrogen-bond acceptors (Lipinski definition) is 1. The van der Waals surface area contributed by atoms with Crippen molar-refractivity contribution in [1.29, 1.82) is 0 Å². The summed E-state index contributed by atoms with van der Waals surface area (Å²) in [5.41, 5.74) is 0. The second-order valence-electron chi connectivity index (χ2n) is 1.39. The van der Waals surface area contributed by atoms with Gasteiger partial charge in [0, 0.05) is 0 Å². The van der Waals surface area contributed by atoms with Gasteiger partial charge in [0.05, 0.1) is 6.20 Å². The van der Waals surface area contributed by atoms with Crippen molar-refractivity contribution >= 4 is 6.41 Å². The van der Waals surface area contributed by atoms with Crippen molar-refractivity contribution in [3.63, 3.8) is 0 Å². The van der Waals surface area contributed by atoms with E-state index in [0.717, 1.165) is 6.41 Å². The minimum atomic E-state index is 0.618. The molecule has 1 unspecified atom stereocenters. The molecule has 0 aromatic carbocycles. The minimum Gasteiger partial charge on any atom is -0.246 e. The Kier molecular flexibility index (Phi) is 3.80. The van der Waals surface area contributed by atoms with E-state index in [1.807, 2.05) is 0 Å². The fraction of sp³-hybridized carbons (Fsp3) is 0.167. The van der Waals surface area contributed by atoms with Crippen molar-refractivity contribution in [3.05, 3.63) is 25.4 Å². The molecule has 0 saturated heterocycles. The summed E-state index contributed by atoms with van der Waals surface area (Å²) in [6, 6.07) is 0. The summed E-state index contributed by atoms with van der Waals surface area (Å²) in [6.45, 7) is 7.52. The zero-order valence-corrected chi connectivity index (χ0v) is 4.76.